The monoisotopic (exact) mass is 359 g/mol. The lowest BCUT2D eigenvalue weighted by Crippen LogP contribution is -2.41. The molecule has 0 aliphatic rings. The van der Waals surface area contributed by atoms with E-state index in [4.69, 9.17) is 0 Å². The van der Waals surface area contributed by atoms with Crippen molar-refractivity contribution in [2.45, 2.75) is 6.92 Å². The average molecular weight is 360 g/mol. The predicted octanol–water partition coefficient (Wildman–Crippen LogP) is 2.63. The van der Waals surface area contributed by atoms with Gasteiger partial charge in [-0.1, -0.05) is 34.1 Å². The average Bonchev–Trinajstić information content (AvgIpc) is 2.52. The molecule has 0 aliphatic heterocycles. The lowest BCUT2D eigenvalue weighted by Gasteiger charge is -2.04. The molecule has 112 valence electrons. The van der Waals surface area contributed by atoms with Crippen LogP contribution in [0.2, 0.25) is 0 Å². The number of aryl methyl sites for hydroxylation is 1. The number of nitrogens with zero attached hydrogens (tertiary/aromatic N) is 1. The molecule has 0 bridgehead atoms. The highest BCUT2D eigenvalue weighted by molar-refractivity contribution is 9.10. The SMILES string of the molecule is Cc1ccc(/C=C/C(=O)NNC(=O)c2ccccn2)c(Br)c1. The van der Waals surface area contributed by atoms with Crippen molar-refractivity contribution in [3.8, 4) is 0 Å². The molecule has 0 fully saturated rings. The third-order valence-corrected chi connectivity index (χ3v) is 3.45. The number of benzene rings is 1. The number of pyridine rings is 1. The third-order valence-electron chi connectivity index (χ3n) is 2.77. The molecule has 0 unspecified atom stereocenters. The molecule has 0 spiro atoms. The van der Waals surface area contributed by atoms with Gasteiger partial charge in [0.05, 0.1) is 0 Å². The van der Waals surface area contributed by atoms with Crippen LogP contribution in [0.4, 0.5) is 0 Å². The number of carbonyl (C=O) groups is 2. The van der Waals surface area contributed by atoms with Crippen molar-refractivity contribution in [3.05, 3.63) is 70.0 Å². The maximum Gasteiger partial charge on any atom is 0.288 e. The molecule has 1 aromatic heterocycles. The minimum atomic E-state index is -0.473. The number of halogens is 1. The van der Waals surface area contributed by atoms with Crippen LogP contribution in [-0.4, -0.2) is 16.8 Å². The van der Waals surface area contributed by atoms with Gasteiger partial charge in [0.25, 0.3) is 11.8 Å². The summed E-state index contributed by atoms with van der Waals surface area (Å²) >= 11 is 3.43. The van der Waals surface area contributed by atoms with E-state index in [9.17, 15) is 9.59 Å². The number of rotatable bonds is 3. The Balaban J connectivity index is 1.90. The van der Waals surface area contributed by atoms with Crippen LogP contribution in [0.3, 0.4) is 0 Å². The van der Waals surface area contributed by atoms with Gasteiger partial charge >= 0.3 is 0 Å². The molecule has 2 N–H and O–H groups in total. The van der Waals surface area contributed by atoms with Crippen molar-refractivity contribution in [2.75, 3.05) is 0 Å². The van der Waals surface area contributed by atoms with E-state index in [-0.39, 0.29) is 5.69 Å². The van der Waals surface area contributed by atoms with E-state index in [0.717, 1.165) is 15.6 Å². The van der Waals surface area contributed by atoms with E-state index in [2.05, 4.69) is 31.8 Å². The molecule has 22 heavy (non-hydrogen) atoms. The summed E-state index contributed by atoms with van der Waals surface area (Å²) in [5.74, 6) is -0.907. The fraction of sp³-hybridized carbons (Fsp3) is 0.0625. The molecule has 1 aromatic carbocycles. The Morgan fingerprint density at radius 2 is 2.00 bits per heavy atom. The topological polar surface area (TPSA) is 71.1 Å². The van der Waals surface area contributed by atoms with Crippen molar-refractivity contribution in [2.24, 2.45) is 0 Å². The van der Waals surface area contributed by atoms with Crippen molar-refractivity contribution in [1.82, 2.24) is 15.8 Å². The molecule has 0 radical (unpaired) electrons. The van der Waals surface area contributed by atoms with E-state index < -0.39 is 11.8 Å². The number of carbonyl (C=O) groups excluding carboxylic acids is 2. The summed E-state index contributed by atoms with van der Waals surface area (Å²) in [5, 5.41) is 0. The normalized spacial score (nSPS) is 10.5. The Morgan fingerprint density at radius 3 is 2.68 bits per heavy atom. The van der Waals surface area contributed by atoms with Gasteiger partial charge in [0.15, 0.2) is 0 Å². The van der Waals surface area contributed by atoms with E-state index >= 15 is 0 Å². The van der Waals surface area contributed by atoms with Gasteiger partial charge in [-0.05, 0) is 42.3 Å². The quantitative estimate of drug-likeness (QED) is 0.653. The first kappa shape index (κ1) is 15.9. The predicted molar refractivity (Wildman–Crippen MR) is 87.8 cm³/mol. The van der Waals surface area contributed by atoms with Crippen LogP contribution in [0.5, 0.6) is 0 Å². The maximum atomic E-state index is 11.7. The minimum absolute atomic E-state index is 0.230. The number of hydrazine groups is 1. The smallest absolute Gasteiger partial charge is 0.268 e. The van der Waals surface area contributed by atoms with Gasteiger partial charge in [-0.2, -0.15) is 0 Å². The Morgan fingerprint density at radius 1 is 1.18 bits per heavy atom. The second kappa shape index (κ2) is 7.51. The summed E-state index contributed by atoms with van der Waals surface area (Å²) < 4.78 is 0.897. The highest BCUT2D eigenvalue weighted by atomic mass is 79.9. The molecule has 0 aliphatic carbocycles. The zero-order chi connectivity index (χ0) is 15.9. The van der Waals surface area contributed by atoms with Crippen LogP contribution >= 0.6 is 15.9 Å². The minimum Gasteiger partial charge on any atom is -0.268 e. The van der Waals surface area contributed by atoms with Crippen molar-refractivity contribution in [3.63, 3.8) is 0 Å². The Hall–Kier alpha value is -2.47. The van der Waals surface area contributed by atoms with Crippen molar-refractivity contribution >= 4 is 33.8 Å². The molecule has 2 rings (SSSR count). The van der Waals surface area contributed by atoms with Gasteiger partial charge in [0.1, 0.15) is 5.69 Å². The summed E-state index contributed by atoms with van der Waals surface area (Å²) in [5.41, 5.74) is 6.82. The van der Waals surface area contributed by atoms with Crippen molar-refractivity contribution in [1.29, 1.82) is 0 Å². The first-order chi connectivity index (χ1) is 10.6. The van der Waals surface area contributed by atoms with E-state index in [1.807, 2.05) is 25.1 Å². The van der Waals surface area contributed by atoms with Crippen LogP contribution in [-0.2, 0) is 4.79 Å². The molecule has 6 heteroatoms. The number of hydrogen-bond acceptors (Lipinski definition) is 3. The van der Waals surface area contributed by atoms with Crippen LogP contribution in [0.15, 0.2) is 53.1 Å². The summed E-state index contributed by atoms with van der Waals surface area (Å²) in [4.78, 5) is 27.3. The van der Waals surface area contributed by atoms with Gasteiger partial charge in [0.2, 0.25) is 0 Å². The number of amides is 2. The Kier molecular flexibility index (Phi) is 5.43. The zero-order valence-electron chi connectivity index (χ0n) is 11.8. The largest absolute Gasteiger partial charge is 0.288 e. The first-order valence-corrected chi connectivity index (χ1v) is 7.31. The first-order valence-electron chi connectivity index (χ1n) is 6.52. The molecular formula is C16H14BrN3O2. The molecule has 0 saturated carbocycles. The van der Waals surface area contributed by atoms with E-state index in [1.165, 1.54) is 12.3 Å². The summed E-state index contributed by atoms with van der Waals surface area (Å²) in [6.45, 7) is 1.98. The van der Waals surface area contributed by atoms with E-state index in [0.29, 0.717) is 0 Å². The maximum absolute atomic E-state index is 11.7. The van der Waals surface area contributed by atoms with Crippen LogP contribution in [0.1, 0.15) is 21.6 Å². The van der Waals surface area contributed by atoms with Gasteiger partial charge < -0.3 is 0 Å². The van der Waals surface area contributed by atoms with Crippen molar-refractivity contribution < 1.29 is 9.59 Å². The second-order valence-corrected chi connectivity index (χ2v) is 5.37. The molecule has 5 nitrogen and oxygen atoms in total. The molecule has 0 atom stereocenters. The zero-order valence-corrected chi connectivity index (χ0v) is 13.4. The molecular weight excluding hydrogens is 346 g/mol. The number of hydrogen-bond donors (Lipinski definition) is 2. The molecule has 2 aromatic rings. The third kappa shape index (κ3) is 4.53. The fourth-order valence-electron chi connectivity index (χ4n) is 1.65. The highest BCUT2D eigenvalue weighted by Crippen LogP contribution is 2.19. The van der Waals surface area contributed by atoms with Gasteiger partial charge in [-0.15, -0.1) is 0 Å². The van der Waals surface area contributed by atoms with Gasteiger partial charge in [-0.3, -0.25) is 25.4 Å². The highest BCUT2D eigenvalue weighted by Gasteiger charge is 2.06. The van der Waals surface area contributed by atoms with Crippen LogP contribution < -0.4 is 10.9 Å². The molecule has 1 heterocycles. The Labute approximate surface area is 136 Å². The van der Waals surface area contributed by atoms with Gasteiger partial charge in [-0.25, -0.2) is 0 Å². The van der Waals surface area contributed by atoms with E-state index in [1.54, 1.807) is 24.3 Å². The molecule has 2 amide bonds. The Bertz CT molecular complexity index is 715. The summed E-state index contributed by atoms with van der Waals surface area (Å²) in [6.07, 6.45) is 4.51. The lowest BCUT2D eigenvalue weighted by atomic mass is 10.1. The standard InChI is InChI=1S/C16H14BrN3O2/c1-11-5-6-12(13(17)10-11)7-8-15(21)19-20-16(22)14-4-2-3-9-18-14/h2-10H,1H3,(H,19,21)(H,20,22)/b8-7+. The second-order valence-electron chi connectivity index (χ2n) is 4.52. The summed E-state index contributed by atoms with van der Waals surface area (Å²) in [7, 11) is 0. The lowest BCUT2D eigenvalue weighted by molar-refractivity contribution is -0.117. The molecule has 0 saturated heterocycles. The van der Waals surface area contributed by atoms with Crippen LogP contribution in [0, 0.1) is 6.92 Å². The van der Waals surface area contributed by atoms with Gasteiger partial charge in [0, 0.05) is 16.7 Å². The summed E-state index contributed by atoms with van der Waals surface area (Å²) in [6, 6.07) is 10.8. The number of aromatic nitrogens is 1. The van der Waals surface area contributed by atoms with Crippen LogP contribution in [0.25, 0.3) is 6.08 Å². The fourth-order valence-corrected chi connectivity index (χ4v) is 2.28. The number of nitrogens with one attached hydrogen (secondary N) is 2.